The lowest BCUT2D eigenvalue weighted by atomic mass is 10.0. The molecular formula is C12H12N4S. The van der Waals surface area contributed by atoms with Crippen molar-refractivity contribution < 1.29 is 0 Å². The lowest BCUT2D eigenvalue weighted by Crippen LogP contribution is -2.07. The van der Waals surface area contributed by atoms with E-state index >= 15 is 0 Å². The standard InChI is InChI=1S/C12H12N4S/c1-8-4-10(5-9(2)11(8)6-13)16-12(17-3)15-7-14/h4-5H,1-3H3,(H,15,16). The summed E-state index contributed by atoms with van der Waals surface area (Å²) in [4.78, 5) is 3.65. The highest BCUT2D eigenvalue weighted by atomic mass is 32.2. The summed E-state index contributed by atoms with van der Waals surface area (Å²) in [5.74, 6) is 0. The number of rotatable bonds is 1. The molecule has 0 atom stereocenters. The molecule has 0 amide bonds. The van der Waals surface area contributed by atoms with Crippen LogP contribution in [0.5, 0.6) is 0 Å². The Morgan fingerprint density at radius 2 is 1.88 bits per heavy atom. The minimum Gasteiger partial charge on any atom is -0.334 e. The molecule has 0 unspecified atom stereocenters. The van der Waals surface area contributed by atoms with Gasteiger partial charge in [0.1, 0.15) is 0 Å². The highest BCUT2D eigenvalue weighted by Gasteiger charge is 2.05. The Kier molecular flexibility index (Phi) is 4.56. The predicted molar refractivity (Wildman–Crippen MR) is 70.8 cm³/mol. The van der Waals surface area contributed by atoms with Crippen LogP contribution in [-0.4, -0.2) is 11.4 Å². The van der Waals surface area contributed by atoms with E-state index in [1.54, 1.807) is 6.19 Å². The van der Waals surface area contributed by atoms with Gasteiger partial charge < -0.3 is 5.32 Å². The van der Waals surface area contributed by atoms with Gasteiger partial charge in [-0.2, -0.15) is 10.5 Å². The molecule has 0 saturated carbocycles. The van der Waals surface area contributed by atoms with E-state index in [1.165, 1.54) is 11.8 Å². The molecule has 17 heavy (non-hydrogen) atoms. The van der Waals surface area contributed by atoms with Crippen LogP contribution in [-0.2, 0) is 0 Å². The zero-order valence-corrected chi connectivity index (χ0v) is 10.7. The van der Waals surface area contributed by atoms with Gasteiger partial charge in [0, 0.05) is 5.69 Å². The normalized spacial score (nSPS) is 10.5. The monoisotopic (exact) mass is 244 g/mol. The molecular weight excluding hydrogens is 232 g/mol. The van der Waals surface area contributed by atoms with Crippen LogP contribution in [0.15, 0.2) is 17.1 Å². The third-order valence-electron chi connectivity index (χ3n) is 2.24. The van der Waals surface area contributed by atoms with Crippen molar-refractivity contribution in [1.82, 2.24) is 0 Å². The number of amidine groups is 1. The smallest absolute Gasteiger partial charge is 0.208 e. The maximum absolute atomic E-state index is 8.96. The fourth-order valence-corrected chi connectivity index (χ4v) is 1.86. The second kappa shape index (κ2) is 5.93. The molecule has 0 fully saturated rings. The van der Waals surface area contributed by atoms with E-state index in [2.05, 4.69) is 16.4 Å². The summed E-state index contributed by atoms with van der Waals surface area (Å²) >= 11 is 1.36. The van der Waals surface area contributed by atoms with Gasteiger partial charge in [-0.25, -0.2) is 0 Å². The number of hydrogen-bond acceptors (Lipinski definition) is 4. The van der Waals surface area contributed by atoms with Gasteiger partial charge in [-0.3, -0.25) is 0 Å². The first-order valence-corrected chi connectivity index (χ1v) is 6.14. The second-order valence-electron chi connectivity index (χ2n) is 3.44. The third kappa shape index (κ3) is 3.24. The molecule has 4 nitrogen and oxygen atoms in total. The molecule has 0 aliphatic heterocycles. The highest BCUT2D eigenvalue weighted by molar-refractivity contribution is 8.13. The van der Waals surface area contributed by atoms with Crippen LogP contribution >= 0.6 is 11.8 Å². The summed E-state index contributed by atoms with van der Waals surface area (Å²) in [5, 5.41) is 21.0. The zero-order chi connectivity index (χ0) is 12.8. The minimum absolute atomic E-state index is 0.538. The van der Waals surface area contributed by atoms with Crippen molar-refractivity contribution in [1.29, 1.82) is 10.5 Å². The zero-order valence-electron chi connectivity index (χ0n) is 9.90. The molecule has 1 aromatic carbocycles. The van der Waals surface area contributed by atoms with Crippen molar-refractivity contribution in [3.8, 4) is 12.3 Å². The predicted octanol–water partition coefficient (Wildman–Crippen LogP) is 2.79. The first-order valence-electron chi connectivity index (χ1n) is 4.91. The van der Waals surface area contributed by atoms with Crippen LogP contribution in [0, 0.1) is 36.6 Å². The van der Waals surface area contributed by atoms with Crippen LogP contribution in [0.1, 0.15) is 16.7 Å². The molecule has 5 heteroatoms. The first kappa shape index (κ1) is 13.1. The van der Waals surface area contributed by atoms with Crippen molar-refractivity contribution >= 4 is 22.6 Å². The summed E-state index contributed by atoms with van der Waals surface area (Å²) < 4.78 is 0. The average molecular weight is 244 g/mol. The van der Waals surface area contributed by atoms with Gasteiger partial charge in [0.25, 0.3) is 0 Å². The Bertz CT molecular complexity index is 511. The van der Waals surface area contributed by atoms with E-state index < -0.39 is 0 Å². The van der Waals surface area contributed by atoms with E-state index in [0.29, 0.717) is 10.7 Å². The van der Waals surface area contributed by atoms with Crippen LogP contribution < -0.4 is 5.32 Å². The van der Waals surface area contributed by atoms with Crippen LogP contribution in [0.4, 0.5) is 5.69 Å². The van der Waals surface area contributed by atoms with Gasteiger partial charge in [-0.1, -0.05) is 11.8 Å². The average Bonchev–Trinajstić information content (AvgIpc) is 2.28. The summed E-state index contributed by atoms with van der Waals surface area (Å²) in [5.41, 5.74) is 3.35. The molecule has 0 aromatic heterocycles. The van der Waals surface area contributed by atoms with Crippen molar-refractivity contribution in [2.24, 2.45) is 4.99 Å². The van der Waals surface area contributed by atoms with E-state index in [9.17, 15) is 0 Å². The molecule has 0 spiro atoms. The second-order valence-corrected chi connectivity index (χ2v) is 4.24. The fourth-order valence-electron chi connectivity index (χ4n) is 1.51. The van der Waals surface area contributed by atoms with Gasteiger partial charge in [0.05, 0.1) is 11.6 Å². The summed E-state index contributed by atoms with van der Waals surface area (Å²) in [6.45, 7) is 3.77. The van der Waals surface area contributed by atoms with Crippen LogP contribution in [0.3, 0.4) is 0 Å². The number of nitriles is 2. The third-order valence-corrected chi connectivity index (χ3v) is 2.82. The summed E-state index contributed by atoms with van der Waals surface area (Å²) in [6, 6.07) is 5.91. The maximum atomic E-state index is 8.96. The molecule has 0 radical (unpaired) electrons. The van der Waals surface area contributed by atoms with Gasteiger partial charge in [0.15, 0.2) is 5.17 Å². The number of hydrogen-bond donors (Lipinski definition) is 1. The quantitative estimate of drug-likeness (QED) is 0.468. The molecule has 86 valence electrons. The van der Waals surface area contributed by atoms with Crippen LogP contribution in [0.25, 0.3) is 0 Å². The van der Waals surface area contributed by atoms with Crippen molar-refractivity contribution in [2.75, 3.05) is 11.6 Å². The Labute approximate surface area is 105 Å². The molecule has 0 heterocycles. The number of aryl methyl sites for hydroxylation is 2. The lowest BCUT2D eigenvalue weighted by molar-refractivity contribution is 1.32. The van der Waals surface area contributed by atoms with Crippen molar-refractivity contribution in [2.45, 2.75) is 13.8 Å². The first-order chi connectivity index (χ1) is 8.12. The topological polar surface area (TPSA) is 72.0 Å². The van der Waals surface area contributed by atoms with Crippen molar-refractivity contribution in [3.63, 3.8) is 0 Å². The van der Waals surface area contributed by atoms with E-state index in [4.69, 9.17) is 10.5 Å². The molecule has 0 aliphatic carbocycles. The van der Waals surface area contributed by atoms with E-state index in [-0.39, 0.29) is 0 Å². The van der Waals surface area contributed by atoms with Crippen LogP contribution in [0.2, 0.25) is 0 Å². The Balaban J connectivity index is 3.07. The van der Waals surface area contributed by atoms with Gasteiger partial charge >= 0.3 is 0 Å². The van der Waals surface area contributed by atoms with Gasteiger partial charge in [-0.05, 0) is 43.4 Å². The van der Waals surface area contributed by atoms with E-state index in [1.807, 2.05) is 32.2 Å². The molecule has 1 rings (SSSR count). The summed E-state index contributed by atoms with van der Waals surface area (Å²) in [6.07, 6.45) is 3.58. The number of aliphatic imine (C=N–C) groups is 1. The molecule has 0 aliphatic rings. The van der Waals surface area contributed by atoms with Gasteiger partial charge in [0.2, 0.25) is 6.19 Å². The largest absolute Gasteiger partial charge is 0.334 e. The van der Waals surface area contributed by atoms with Crippen molar-refractivity contribution in [3.05, 3.63) is 28.8 Å². The Morgan fingerprint density at radius 3 is 2.29 bits per heavy atom. The lowest BCUT2D eigenvalue weighted by Gasteiger charge is -2.09. The molecule has 1 aromatic rings. The van der Waals surface area contributed by atoms with Gasteiger partial charge in [-0.15, -0.1) is 4.99 Å². The summed E-state index contributed by atoms with van der Waals surface area (Å²) in [7, 11) is 0. The molecule has 0 saturated heterocycles. The maximum Gasteiger partial charge on any atom is 0.208 e. The number of nitrogens with one attached hydrogen (secondary N) is 1. The Hall–Kier alpha value is -1.98. The number of nitrogens with zero attached hydrogens (tertiary/aromatic N) is 3. The molecule has 0 bridgehead atoms. The minimum atomic E-state index is 0.538. The Morgan fingerprint density at radius 1 is 1.29 bits per heavy atom. The number of anilines is 1. The molecule has 1 N–H and O–H groups in total. The fraction of sp³-hybridized carbons (Fsp3) is 0.250. The van der Waals surface area contributed by atoms with E-state index in [0.717, 1.165) is 16.8 Å². The SMILES string of the molecule is CS/C(=N\C#N)Nc1cc(C)c(C#N)c(C)c1. The number of thioether (sulfide) groups is 1. The highest BCUT2D eigenvalue weighted by Crippen LogP contribution is 2.20. The number of benzene rings is 1.